The van der Waals surface area contributed by atoms with Gasteiger partial charge in [-0.1, -0.05) is 0 Å². The van der Waals surface area contributed by atoms with Crippen LogP contribution in [0.25, 0.3) is 11.3 Å². The molecule has 0 aromatic carbocycles. The summed E-state index contributed by atoms with van der Waals surface area (Å²) in [5.74, 6) is -0.469. The lowest BCUT2D eigenvalue weighted by Gasteiger charge is -2.29. The van der Waals surface area contributed by atoms with Gasteiger partial charge in [-0.3, -0.25) is 19.6 Å². The summed E-state index contributed by atoms with van der Waals surface area (Å²) in [5, 5.41) is 7.35. The van der Waals surface area contributed by atoms with Crippen LogP contribution < -0.4 is 10.9 Å². The fourth-order valence-corrected chi connectivity index (χ4v) is 3.78. The first-order valence-electron chi connectivity index (χ1n) is 10.2. The quantitative estimate of drug-likeness (QED) is 0.665. The van der Waals surface area contributed by atoms with E-state index >= 15 is 0 Å². The molecule has 0 atom stereocenters. The van der Waals surface area contributed by atoms with Crippen molar-refractivity contribution in [1.29, 1.82) is 0 Å². The van der Waals surface area contributed by atoms with Crippen molar-refractivity contribution in [3.8, 4) is 11.3 Å². The minimum atomic E-state index is -4.55. The van der Waals surface area contributed by atoms with Gasteiger partial charge < -0.3 is 5.32 Å². The van der Waals surface area contributed by atoms with E-state index in [1.165, 1.54) is 10.7 Å². The molecule has 7 nitrogen and oxygen atoms in total. The largest absolute Gasteiger partial charge is 0.433 e. The SMILES string of the molecule is O=C(NC1CCC(n2nc(-c3cccnc3)ccc2=O)CC1)c1ccc(C(F)(F)F)nc1. The Bertz CT molecular complexity index is 1140. The number of aromatic nitrogens is 4. The van der Waals surface area contributed by atoms with Gasteiger partial charge in [0.25, 0.3) is 11.5 Å². The molecule has 3 heterocycles. The van der Waals surface area contributed by atoms with Crippen molar-refractivity contribution in [2.24, 2.45) is 0 Å². The molecule has 1 saturated carbocycles. The van der Waals surface area contributed by atoms with E-state index in [0.29, 0.717) is 31.4 Å². The van der Waals surface area contributed by atoms with E-state index in [-0.39, 0.29) is 23.2 Å². The minimum Gasteiger partial charge on any atom is -0.349 e. The second-order valence-electron chi connectivity index (χ2n) is 7.65. The molecule has 1 fully saturated rings. The Morgan fingerprint density at radius 3 is 2.44 bits per heavy atom. The maximum atomic E-state index is 12.6. The number of pyridine rings is 2. The van der Waals surface area contributed by atoms with Crippen LogP contribution in [0.5, 0.6) is 0 Å². The topological polar surface area (TPSA) is 89.8 Å². The molecule has 0 saturated heterocycles. The predicted molar refractivity (Wildman–Crippen MR) is 110 cm³/mol. The normalized spacial score (nSPS) is 18.8. The van der Waals surface area contributed by atoms with E-state index in [4.69, 9.17) is 0 Å². The highest BCUT2D eigenvalue weighted by atomic mass is 19.4. The van der Waals surface area contributed by atoms with Crippen LogP contribution in [0, 0.1) is 0 Å². The zero-order valence-corrected chi connectivity index (χ0v) is 16.9. The Morgan fingerprint density at radius 2 is 1.81 bits per heavy atom. The molecule has 10 heteroatoms. The van der Waals surface area contributed by atoms with Crippen molar-refractivity contribution in [2.75, 3.05) is 0 Å². The average molecular weight is 443 g/mol. The Balaban J connectivity index is 1.38. The van der Waals surface area contributed by atoms with E-state index in [1.54, 1.807) is 24.5 Å². The molecule has 1 N–H and O–H groups in total. The molecule has 0 radical (unpaired) electrons. The Morgan fingerprint density at radius 1 is 1.03 bits per heavy atom. The van der Waals surface area contributed by atoms with E-state index in [2.05, 4.69) is 20.4 Å². The number of alkyl halides is 3. The number of carbonyl (C=O) groups is 1. The van der Waals surface area contributed by atoms with Gasteiger partial charge in [0.15, 0.2) is 0 Å². The van der Waals surface area contributed by atoms with E-state index in [1.807, 2.05) is 6.07 Å². The van der Waals surface area contributed by atoms with Crippen LogP contribution in [0.4, 0.5) is 13.2 Å². The molecule has 0 unspecified atom stereocenters. The highest BCUT2D eigenvalue weighted by Gasteiger charge is 2.32. The fourth-order valence-electron chi connectivity index (χ4n) is 3.78. The number of rotatable bonds is 4. The van der Waals surface area contributed by atoms with Crippen LogP contribution in [-0.4, -0.2) is 31.7 Å². The number of carbonyl (C=O) groups excluding carboxylic acids is 1. The highest BCUT2D eigenvalue weighted by Crippen LogP contribution is 2.29. The Kier molecular flexibility index (Phi) is 6.02. The van der Waals surface area contributed by atoms with Crippen LogP contribution in [0.2, 0.25) is 0 Å². The third kappa shape index (κ3) is 4.84. The molecular formula is C22H20F3N5O2. The maximum absolute atomic E-state index is 12.6. The first-order valence-corrected chi connectivity index (χ1v) is 10.2. The molecule has 32 heavy (non-hydrogen) atoms. The molecule has 1 aliphatic rings. The summed E-state index contributed by atoms with van der Waals surface area (Å²) in [6.07, 6.45) is 2.24. The standard InChI is InChI=1S/C22H20F3N5O2/c23-22(24,25)19-9-3-15(13-27-19)21(32)28-16-4-6-17(7-5-16)30-20(31)10-8-18(29-30)14-2-1-11-26-12-14/h1-3,8-13,16-17H,4-7H2,(H,28,32). The highest BCUT2D eigenvalue weighted by molar-refractivity contribution is 5.94. The molecule has 4 rings (SSSR count). The lowest BCUT2D eigenvalue weighted by molar-refractivity contribution is -0.141. The number of hydrogen-bond acceptors (Lipinski definition) is 5. The summed E-state index contributed by atoms with van der Waals surface area (Å²) in [7, 11) is 0. The van der Waals surface area contributed by atoms with Gasteiger partial charge in [0.2, 0.25) is 0 Å². The number of halogens is 3. The molecule has 0 spiro atoms. The molecule has 3 aromatic heterocycles. The van der Waals surface area contributed by atoms with E-state index in [9.17, 15) is 22.8 Å². The predicted octanol–water partition coefficient (Wildman–Crippen LogP) is 3.63. The van der Waals surface area contributed by atoms with Crippen molar-refractivity contribution < 1.29 is 18.0 Å². The Hall–Kier alpha value is -3.56. The third-order valence-corrected chi connectivity index (χ3v) is 5.48. The zero-order valence-electron chi connectivity index (χ0n) is 16.9. The molecule has 3 aromatic rings. The summed E-state index contributed by atoms with van der Waals surface area (Å²) in [6, 6.07) is 8.49. The summed E-state index contributed by atoms with van der Waals surface area (Å²) < 4.78 is 39.4. The van der Waals surface area contributed by atoms with E-state index < -0.39 is 17.8 Å². The van der Waals surface area contributed by atoms with Crippen molar-refractivity contribution in [3.63, 3.8) is 0 Å². The van der Waals surface area contributed by atoms with Gasteiger partial charge in [0, 0.05) is 36.3 Å². The zero-order chi connectivity index (χ0) is 22.7. The van der Waals surface area contributed by atoms with Gasteiger partial charge in [-0.15, -0.1) is 0 Å². The van der Waals surface area contributed by atoms with Crippen LogP contribution in [0.1, 0.15) is 47.8 Å². The van der Waals surface area contributed by atoms with Crippen LogP contribution in [0.15, 0.2) is 59.8 Å². The van der Waals surface area contributed by atoms with Crippen LogP contribution in [-0.2, 0) is 6.18 Å². The number of amides is 1. The van der Waals surface area contributed by atoms with Crippen molar-refractivity contribution in [2.45, 2.75) is 43.9 Å². The number of nitrogens with zero attached hydrogens (tertiary/aromatic N) is 4. The molecule has 166 valence electrons. The maximum Gasteiger partial charge on any atom is 0.433 e. The first kappa shape index (κ1) is 21.7. The monoisotopic (exact) mass is 443 g/mol. The van der Waals surface area contributed by atoms with Crippen LogP contribution >= 0.6 is 0 Å². The lowest BCUT2D eigenvalue weighted by atomic mass is 9.91. The van der Waals surface area contributed by atoms with Crippen LogP contribution in [0.3, 0.4) is 0 Å². The number of hydrogen-bond donors (Lipinski definition) is 1. The second kappa shape index (κ2) is 8.89. The summed E-state index contributed by atoms with van der Waals surface area (Å²) in [4.78, 5) is 32.1. The second-order valence-corrected chi connectivity index (χ2v) is 7.65. The molecular weight excluding hydrogens is 423 g/mol. The summed E-state index contributed by atoms with van der Waals surface area (Å²) in [5.41, 5.74) is 0.305. The van der Waals surface area contributed by atoms with Gasteiger partial charge in [0.05, 0.1) is 17.3 Å². The van der Waals surface area contributed by atoms with Gasteiger partial charge >= 0.3 is 6.18 Å². The van der Waals surface area contributed by atoms with Gasteiger partial charge in [-0.05, 0) is 56.0 Å². The van der Waals surface area contributed by atoms with Gasteiger partial charge in [-0.2, -0.15) is 18.3 Å². The van der Waals surface area contributed by atoms with Gasteiger partial charge in [0.1, 0.15) is 5.69 Å². The number of nitrogens with one attached hydrogen (secondary N) is 1. The lowest BCUT2D eigenvalue weighted by Crippen LogP contribution is -2.39. The minimum absolute atomic E-state index is 0.0715. The van der Waals surface area contributed by atoms with E-state index in [0.717, 1.165) is 23.9 Å². The molecule has 0 bridgehead atoms. The van der Waals surface area contributed by atoms with Crippen molar-refractivity contribution in [3.05, 3.63) is 76.6 Å². The summed E-state index contributed by atoms with van der Waals surface area (Å²) in [6.45, 7) is 0. The Labute approximate surface area is 181 Å². The third-order valence-electron chi connectivity index (χ3n) is 5.48. The molecule has 1 amide bonds. The van der Waals surface area contributed by atoms with Crippen molar-refractivity contribution in [1.82, 2.24) is 25.1 Å². The van der Waals surface area contributed by atoms with Gasteiger partial charge in [-0.25, -0.2) is 4.68 Å². The fraction of sp³-hybridized carbons (Fsp3) is 0.318. The summed E-state index contributed by atoms with van der Waals surface area (Å²) >= 11 is 0. The average Bonchev–Trinajstić information content (AvgIpc) is 2.80. The molecule has 1 aliphatic carbocycles. The first-order chi connectivity index (χ1) is 15.3. The van der Waals surface area contributed by atoms with Crippen molar-refractivity contribution >= 4 is 5.91 Å². The smallest absolute Gasteiger partial charge is 0.349 e. The molecule has 0 aliphatic heterocycles.